The van der Waals surface area contributed by atoms with Gasteiger partial charge in [-0.1, -0.05) is 0 Å². The molecular weight excluding hydrogens is 362 g/mol. The Morgan fingerprint density at radius 2 is 1.85 bits per heavy atom. The minimum absolute atomic E-state index is 0.205. The van der Waals surface area contributed by atoms with Crippen molar-refractivity contribution in [3.8, 4) is 0 Å². The lowest BCUT2D eigenvalue weighted by Crippen LogP contribution is -2.51. The second-order valence-corrected chi connectivity index (χ2v) is 8.68. The van der Waals surface area contributed by atoms with E-state index in [4.69, 9.17) is 4.74 Å². The van der Waals surface area contributed by atoms with Crippen LogP contribution in [0.4, 0.5) is 4.79 Å². The van der Waals surface area contributed by atoms with Crippen molar-refractivity contribution in [1.29, 1.82) is 0 Å². The summed E-state index contributed by atoms with van der Waals surface area (Å²) >= 11 is 1.89. The van der Waals surface area contributed by atoms with Crippen LogP contribution in [0.15, 0.2) is 4.99 Å². The van der Waals surface area contributed by atoms with Gasteiger partial charge in [-0.2, -0.15) is 11.8 Å². The van der Waals surface area contributed by atoms with Gasteiger partial charge in [0.1, 0.15) is 5.60 Å². The van der Waals surface area contributed by atoms with Crippen LogP contribution in [0.1, 0.15) is 40.5 Å². The maximum Gasteiger partial charge on any atom is 0.410 e. The van der Waals surface area contributed by atoms with Gasteiger partial charge in [-0.25, -0.2) is 4.79 Å². The lowest BCUT2D eigenvalue weighted by Gasteiger charge is -2.35. The van der Waals surface area contributed by atoms with Crippen LogP contribution in [-0.2, 0) is 4.74 Å². The van der Waals surface area contributed by atoms with E-state index in [-0.39, 0.29) is 6.09 Å². The van der Waals surface area contributed by atoms with E-state index in [1.807, 2.05) is 32.5 Å². The van der Waals surface area contributed by atoms with Crippen molar-refractivity contribution >= 4 is 23.8 Å². The third kappa shape index (κ3) is 11.3. The highest BCUT2D eigenvalue weighted by atomic mass is 32.2. The van der Waals surface area contributed by atoms with Gasteiger partial charge >= 0.3 is 6.09 Å². The molecule has 7 nitrogen and oxygen atoms in total. The summed E-state index contributed by atoms with van der Waals surface area (Å²) in [4.78, 5) is 20.9. The van der Waals surface area contributed by atoms with Gasteiger partial charge in [0.05, 0.1) is 0 Å². The number of carbonyl (C=O) groups is 1. The van der Waals surface area contributed by atoms with E-state index in [1.54, 1.807) is 4.90 Å². The van der Waals surface area contributed by atoms with Gasteiger partial charge in [-0.05, 0) is 52.5 Å². The molecule has 0 bridgehead atoms. The number of hydrogen-bond donors (Lipinski definition) is 2. The van der Waals surface area contributed by atoms with Gasteiger partial charge in [-0.15, -0.1) is 0 Å². The number of piperazine rings is 1. The predicted octanol–water partition coefficient (Wildman–Crippen LogP) is 2.24. The first-order chi connectivity index (χ1) is 12.9. The molecule has 0 spiro atoms. The molecule has 0 aliphatic carbocycles. The fourth-order valence-electron chi connectivity index (χ4n) is 2.70. The van der Waals surface area contributed by atoms with Gasteiger partial charge < -0.3 is 20.3 Å². The van der Waals surface area contributed by atoms with Gasteiger partial charge in [0.25, 0.3) is 0 Å². The molecule has 0 radical (unpaired) electrons. The van der Waals surface area contributed by atoms with Crippen molar-refractivity contribution in [3.05, 3.63) is 0 Å². The number of amides is 1. The number of nitrogens with zero attached hydrogens (tertiary/aromatic N) is 3. The Morgan fingerprint density at radius 3 is 2.44 bits per heavy atom. The molecule has 1 aliphatic rings. The van der Waals surface area contributed by atoms with E-state index < -0.39 is 5.60 Å². The summed E-state index contributed by atoms with van der Waals surface area (Å²) in [6, 6.07) is 0. The van der Waals surface area contributed by atoms with Crippen molar-refractivity contribution in [2.45, 2.75) is 46.1 Å². The second kappa shape index (κ2) is 13.1. The van der Waals surface area contributed by atoms with Crippen molar-refractivity contribution in [3.63, 3.8) is 0 Å². The van der Waals surface area contributed by atoms with Crippen LogP contribution in [0.5, 0.6) is 0 Å². The topological polar surface area (TPSA) is 69.2 Å². The number of ether oxygens (including phenoxy) is 1. The Bertz CT molecular complexity index is 446. The molecule has 27 heavy (non-hydrogen) atoms. The van der Waals surface area contributed by atoms with Crippen LogP contribution in [0.25, 0.3) is 0 Å². The van der Waals surface area contributed by atoms with Crippen LogP contribution in [0, 0.1) is 0 Å². The van der Waals surface area contributed by atoms with Crippen molar-refractivity contribution < 1.29 is 9.53 Å². The average molecular weight is 402 g/mol. The second-order valence-electron chi connectivity index (χ2n) is 7.70. The van der Waals surface area contributed by atoms with Crippen LogP contribution in [0.3, 0.4) is 0 Å². The molecule has 1 amide bonds. The molecule has 8 heteroatoms. The number of guanidine groups is 1. The molecule has 0 saturated carbocycles. The first-order valence-corrected chi connectivity index (χ1v) is 11.5. The fourth-order valence-corrected chi connectivity index (χ4v) is 3.20. The zero-order valence-corrected chi connectivity index (χ0v) is 18.7. The maximum atomic E-state index is 12.1. The maximum absolute atomic E-state index is 12.1. The lowest BCUT2D eigenvalue weighted by molar-refractivity contribution is 0.0147. The van der Waals surface area contributed by atoms with Gasteiger partial charge in [0.2, 0.25) is 0 Å². The third-order valence-corrected chi connectivity index (χ3v) is 4.81. The van der Waals surface area contributed by atoms with E-state index in [9.17, 15) is 4.79 Å². The highest BCUT2D eigenvalue weighted by Gasteiger charge is 2.25. The molecule has 0 aromatic rings. The molecule has 1 fully saturated rings. The highest BCUT2D eigenvalue weighted by Crippen LogP contribution is 2.11. The van der Waals surface area contributed by atoms with E-state index in [2.05, 4.69) is 33.7 Å². The molecule has 1 rings (SSSR count). The highest BCUT2D eigenvalue weighted by molar-refractivity contribution is 7.98. The number of rotatable bonds is 9. The number of nitrogens with one attached hydrogen (secondary N) is 2. The number of thioether (sulfide) groups is 1. The summed E-state index contributed by atoms with van der Waals surface area (Å²) in [6.45, 7) is 14.5. The predicted molar refractivity (Wildman–Crippen MR) is 116 cm³/mol. The Labute approximate surface area is 169 Å². The number of unbranched alkanes of at least 4 members (excludes halogenated alkanes) is 1. The molecule has 0 unspecified atom stereocenters. The normalized spacial score (nSPS) is 16.3. The molecule has 1 aliphatic heterocycles. The first kappa shape index (κ1) is 23.9. The van der Waals surface area contributed by atoms with Crippen LogP contribution in [0.2, 0.25) is 0 Å². The summed E-state index contributed by atoms with van der Waals surface area (Å²) in [6.07, 6.45) is 4.28. The standard InChI is InChI=1S/C19H39N5O2S/c1-6-20-17(21-9-7-8-16-27-5)22-10-11-23-12-14-24(15-13-23)18(25)26-19(2,3)4/h6-16H2,1-5H3,(H2,20,21,22). The lowest BCUT2D eigenvalue weighted by atomic mass is 10.2. The number of carbonyl (C=O) groups excluding carboxylic acids is 1. The molecule has 2 N–H and O–H groups in total. The monoisotopic (exact) mass is 401 g/mol. The van der Waals surface area contributed by atoms with Gasteiger partial charge in [-0.3, -0.25) is 9.89 Å². The Hall–Kier alpha value is -1.15. The quantitative estimate of drug-likeness (QED) is 0.351. The molecule has 0 atom stereocenters. The molecule has 0 aromatic carbocycles. The summed E-state index contributed by atoms with van der Waals surface area (Å²) in [5, 5.41) is 6.71. The van der Waals surface area contributed by atoms with Gasteiger partial charge in [0.15, 0.2) is 5.96 Å². The number of hydrogen-bond acceptors (Lipinski definition) is 5. The SMILES string of the molecule is CCNC(=NCCCCSC)NCCN1CCN(C(=O)OC(C)(C)C)CC1. The summed E-state index contributed by atoms with van der Waals surface area (Å²) in [5.74, 6) is 2.10. The van der Waals surface area contributed by atoms with E-state index in [1.165, 1.54) is 12.2 Å². The Morgan fingerprint density at radius 1 is 1.15 bits per heavy atom. The fraction of sp³-hybridized carbons (Fsp3) is 0.895. The summed E-state index contributed by atoms with van der Waals surface area (Å²) < 4.78 is 5.44. The zero-order chi connectivity index (χ0) is 20.1. The molecule has 0 aromatic heterocycles. The number of aliphatic imine (C=N–C) groups is 1. The minimum atomic E-state index is -0.435. The zero-order valence-electron chi connectivity index (χ0n) is 17.8. The van der Waals surface area contributed by atoms with Crippen molar-refractivity contribution in [1.82, 2.24) is 20.4 Å². The van der Waals surface area contributed by atoms with Crippen molar-refractivity contribution in [2.24, 2.45) is 4.99 Å². The van der Waals surface area contributed by atoms with Crippen LogP contribution >= 0.6 is 11.8 Å². The largest absolute Gasteiger partial charge is 0.444 e. The Kier molecular flexibility index (Phi) is 11.6. The minimum Gasteiger partial charge on any atom is -0.444 e. The smallest absolute Gasteiger partial charge is 0.410 e. The van der Waals surface area contributed by atoms with E-state index in [0.29, 0.717) is 0 Å². The summed E-state index contributed by atoms with van der Waals surface area (Å²) in [7, 11) is 0. The summed E-state index contributed by atoms with van der Waals surface area (Å²) in [5.41, 5.74) is -0.435. The van der Waals surface area contributed by atoms with Crippen LogP contribution < -0.4 is 10.6 Å². The molecule has 1 saturated heterocycles. The average Bonchev–Trinajstić information content (AvgIpc) is 2.60. The first-order valence-electron chi connectivity index (χ1n) is 10.1. The van der Waals surface area contributed by atoms with E-state index in [0.717, 1.165) is 64.7 Å². The van der Waals surface area contributed by atoms with Crippen LogP contribution in [-0.4, -0.2) is 91.8 Å². The third-order valence-electron chi connectivity index (χ3n) is 4.12. The molecule has 1 heterocycles. The van der Waals surface area contributed by atoms with E-state index >= 15 is 0 Å². The Balaban J connectivity index is 2.25. The van der Waals surface area contributed by atoms with Gasteiger partial charge in [0, 0.05) is 52.4 Å². The van der Waals surface area contributed by atoms with Crippen molar-refractivity contribution in [2.75, 3.05) is 64.4 Å². The molecule has 158 valence electrons. The molecular formula is C19H39N5O2S.